The minimum Gasteiger partial charge on any atom is -0.382 e. The lowest BCUT2D eigenvalue weighted by atomic mass is 10.2. The number of hydroxylamine groups is 1. The van der Waals surface area contributed by atoms with Crippen LogP contribution in [0.2, 0.25) is 0 Å². The second-order valence-corrected chi connectivity index (χ2v) is 7.70. The molecule has 166 valence electrons. The van der Waals surface area contributed by atoms with Crippen LogP contribution in [-0.4, -0.2) is 32.0 Å². The number of aromatic nitrogens is 4. The smallest absolute Gasteiger partial charge is 0.274 e. The number of hydrogen-bond donors (Lipinski definition) is 2. The van der Waals surface area contributed by atoms with Gasteiger partial charge in [-0.1, -0.05) is 25.1 Å². The molecule has 0 bridgehead atoms. The van der Waals surface area contributed by atoms with Crippen molar-refractivity contribution in [1.29, 1.82) is 0 Å². The van der Waals surface area contributed by atoms with Crippen molar-refractivity contribution in [1.82, 2.24) is 25.0 Å². The molecule has 8 heteroatoms. The summed E-state index contributed by atoms with van der Waals surface area (Å²) in [4.78, 5) is 31.1. The number of pyridine rings is 2. The average molecular weight is 433 g/mol. The van der Waals surface area contributed by atoms with Crippen molar-refractivity contribution in [2.24, 2.45) is 0 Å². The maximum absolute atomic E-state index is 12.0. The van der Waals surface area contributed by atoms with Gasteiger partial charge in [0.2, 0.25) is 0 Å². The number of nitrogens with zero attached hydrogens (tertiary/aromatic N) is 4. The molecule has 8 nitrogen and oxygen atoms in total. The Labute approximate surface area is 186 Å². The molecule has 32 heavy (non-hydrogen) atoms. The number of nitrogen functional groups attached to an aromatic ring is 1. The molecule has 0 unspecified atom stereocenters. The zero-order chi connectivity index (χ0) is 22.3. The van der Waals surface area contributed by atoms with Crippen molar-refractivity contribution >= 4 is 33.8 Å². The number of benzene rings is 1. The zero-order valence-corrected chi connectivity index (χ0v) is 18.3. The summed E-state index contributed by atoms with van der Waals surface area (Å²) < 4.78 is 2.24. The zero-order valence-electron chi connectivity index (χ0n) is 18.3. The fourth-order valence-corrected chi connectivity index (χ4v) is 3.81. The summed E-state index contributed by atoms with van der Waals surface area (Å²) in [6.07, 6.45) is 6.40. The van der Waals surface area contributed by atoms with E-state index in [9.17, 15) is 4.79 Å². The van der Waals surface area contributed by atoms with Gasteiger partial charge in [-0.05, 0) is 49.9 Å². The predicted octanol–water partition coefficient (Wildman–Crippen LogP) is 4.05. The van der Waals surface area contributed by atoms with Crippen LogP contribution in [0.25, 0.3) is 22.1 Å². The molecule has 4 aromatic rings. The van der Waals surface area contributed by atoms with Gasteiger partial charge in [-0.25, -0.2) is 15.4 Å². The highest BCUT2D eigenvalue weighted by atomic mass is 16.6. The Kier molecular flexibility index (Phi) is 6.91. The van der Waals surface area contributed by atoms with Gasteiger partial charge < -0.3 is 10.3 Å². The predicted molar refractivity (Wildman–Crippen MR) is 125 cm³/mol. The molecule has 0 aliphatic heterocycles. The largest absolute Gasteiger partial charge is 0.382 e. The van der Waals surface area contributed by atoms with Crippen LogP contribution in [0.4, 0.5) is 5.82 Å². The number of hydrogen-bond acceptors (Lipinski definition) is 6. The molecule has 3 heterocycles. The van der Waals surface area contributed by atoms with Gasteiger partial charge in [0.1, 0.15) is 22.4 Å². The van der Waals surface area contributed by atoms with E-state index in [2.05, 4.69) is 26.9 Å². The van der Waals surface area contributed by atoms with Crippen molar-refractivity contribution in [3.05, 3.63) is 60.0 Å². The Balaban J connectivity index is 1.36. The third kappa shape index (κ3) is 4.70. The molecule has 1 amide bonds. The van der Waals surface area contributed by atoms with Crippen LogP contribution in [0, 0.1) is 0 Å². The van der Waals surface area contributed by atoms with Crippen LogP contribution in [0.15, 0.2) is 48.7 Å². The van der Waals surface area contributed by atoms with Crippen molar-refractivity contribution in [3.8, 4) is 0 Å². The van der Waals surface area contributed by atoms with Gasteiger partial charge in [-0.15, -0.1) is 0 Å². The lowest BCUT2D eigenvalue weighted by Gasteiger charge is -2.10. The summed E-state index contributed by atoms with van der Waals surface area (Å²) in [5.41, 5.74) is 12.6. The van der Waals surface area contributed by atoms with Gasteiger partial charge >= 0.3 is 0 Å². The monoisotopic (exact) mass is 432 g/mol. The van der Waals surface area contributed by atoms with Crippen LogP contribution >= 0.6 is 0 Å². The molecule has 1 aromatic carbocycles. The Morgan fingerprint density at radius 2 is 1.91 bits per heavy atom. The highest BCUT2D eigenvalue weighted by molar-refractivity contribution is 6.04. The lowest BCUT2D eigenvalue weighted by Crippen LogP contribution is -2.24. The highest BCUT2D eigenvalue weighted by Gasteiger charge is 2.17. The first-order valence-electron chi connectivity index (χ1n) is 11.1. The van der Waals surface area contributed by atoms with Crippen LogP contribution < -0.4 is 11.2 Å². The molecule has 0 aliphatic carbocycles. The molecule has 0 aliphatic rings. The first-order valence-corrected chi connectivity index (χ1v) is 11.1. The number of carbonyl (C=O) groups is 1. The first-order chi connectivity index (χ1) is 15.7. The van der Waals surface area contributed by atoms with Gasteiger partial charge in [0.05, 0.1) is 12.1 Å². The summed E-state index contributed by atoms with van der Waals surface area (Å²) in [7, 11) is 0. The molecule has 0 fully saturated rings. The molecule has 0 atom stereocenters. The maximum atomic E-state index is 12.0. The Morgan fingerprint density at radius 1 is 1.06 bits per heavy atom. The summed E-state index contributed by atoms with van der Waals surface area (Å²) in [5.74, 6) is 1.23. The second kappa shape index (κ2) is 10.2. The molecule has 0 saturated heterocycles. The Hall–Kier alpha value is -3.52. The van der Waals surface area contributed by atoms with Gasteiger partial charge in [-0.3, -0.25) is 14.6 Å². The van der Waals surface area contributed by atoms with E-state index in [1.165, 1.54) is 0 Å². The third-order valence-corrected chi connectivity index (χ3v) is 5.34. The van der Waals surface area contributed by atoms with Crippen molar-refractivity contribution in [2.45, 2.75) is 45.6 Å². The van der Waals surface area contributed by atoms with E-state index in [0.717, 1.165) is 66.5 Å². The van der Waals surface area contributed by atoms with Crippen molar-refractivity contribution in [3.63, 3.8) is 0 Å². The standard InChI is InChI=1S/C24H28N6O2/c1-2-10-19-28-21-22(20-18(27-23(21)25)13-9-14-26-20)30(19)15-7-4-8-16-32-29-24(31)17-11-5-3-6-12-17/h3,5-6,9,11-14H,2,4,7-8,10,15-16H2,1H3,(H2,25,27)(H,29,31). The number of unbranched alkanes of at least 4 members (excludes halogenated alkanes) is 2. The molecule has 3 N–H and O–H groups in total. The van der Waals surface area contributed by atoms with E-state index < -0.39 is 0 Å². The molecular weight excluding hydrogens is 404 g/mol. The van der Waals surface area contributed by atoms with Gasteiger partial charge in [0, 0.05) is 24.7 Å². The fourth-order valence-electron chi connectivity index (χ4n) is 3.81. The molecule has 3 aromatic heterocycles. The van der Waals surface area contributed by atoms with Crippen molar-refractivity contribution in [2.75, 3.05) is 12.3 Å². The average Bonchev–Trinajstić information content (AvgIpc) is 3.18. The van der Waals surface area contributed by atoms with Gasteiger partial charge in [0.15, 0.2) is 5.82 Å². The number of imidazole rings is 1. The van der Waals surface area contributed by atoms with E-state index in [-0.39, 0.29) is 5.91 Å². The van der Waals surface area contributed by atoms with E-state index >= 15 is 0 Å². The summed E-state index contributed by atoms with van der Waals surface area (Å²) in [6.45, 7) is 3.42. The maximum Gasteiger partial charge on any atom is 0.274 e. The molecule has 4 rings (SSSR count). The third-order valence-electron chi connectivity index (χ3n) is 5.34. The topological polar surface area (TPSA) is 108 Å². The number of carbonyl (C=O) groups excluding carboxylic acids is 1. The summed E-state index contributed by atoms with van der Waals surface area (Å²) >= 11 is 0. The Morgan fingerprint density at radius 3 is 2.72 bits per heavy atom. The first kappa shape index (κ1) is 21.7. The number of aryl methyl sites for hydroxylation is 2. The van der Waals surface area contributed by atoms with Crippen LogP contribution in [0.5, 0.6) is 0 Å². The minimum atomic E-state index is -0.231. The lowest BCUT2D eigenvalue weighted by molar-refractivity contribution is 0.0297. The number of amides is 1. The Bertz CT molecular complexity index is 1210. The SMILES string of the molecule is CCCc1nc2c(N)nc3cccnc3c2n1CCCCCONC(=O)c1ccccc1. The highest BCUT2D eigenvalue weighted by Crippen LogP contribution is 2.28. The molecule has 0 radical (unpaired) electrons. The van der Waals surface area contributed by atoms with E-state index in [4.69, 9.17) is 15.6 Å². The van der Waals surface area contributed by atoms with Crippen LogP contribution in [0.1, 0.15) is 48.8 Å². The summed E-state index contributed by atoms with van der Waals surface area (Å²) in [6, 6.07) is 12.8. The number of anilines is 1. The normalized spacial score (nSPS) is 11.3. The van der Waals surface area contributed by atoms with Crippen LogP contribution in [0.3, 0.4) is 0 Å². The van der Waals surface area contributed by atoms with E-state index in [0.29, 0.717) is 18.0 Å². The molecule has 0 spiro atoms. The number of nitrogens with one attached hydrogen (secondary N) is 1. The molecule has 0 saturated carbocycles. The summed E-state index contributed by atoms with van der Waals surface area (Å²) in [5, 5.41) is 0. The van der Waals surface area contributed by atoms with Gasteiger partial charge in [-0.2, -0.15) is 0 Å². The fraction of sp³-hybridized carbons (Fsp3) is 0.333. The number of rotatable bonds is 10. The number of fused-ring (bicyclic) bond motifs is 3. The van der Waals surface area contributed by atoms with E-state index in [1.54, 1.807) is 18.3 Å². The quantitative estimate of drug-likeness (QED) is 0.289. The van der Waals surface area contributed by atoms with Crippen LogP contribution in [-0.2, 0) is 17.8 Å². The minimum absolute atomic E-state index is 0.231. The number of nitrogens with two attached hydrogens (primary N) is 1. The van der Waals surface area contributed by atoms with E-state index in [1.807, 2.05) is 30.3 Å². The second-order valence-electron chi connectivity index (χ2n) is 7.70. The van der Waals surface area contributed by atoms with Crippen molar-refractivity contribution < 1.29 is 9.63 Å². The molecular formula is C24H28N6O2. The van der Waals surface area contributed by atoms with Gasteiger partial charge in [0.25, 0.3) is 5.91 Å².